The molecule has 0 bridgehead atoms. The van der Waals surface area contributed by atoms with Crippen LogP contribution in [0.15, 0.2) is 76.5 Å². The number of anilines is 1. The Morgan fingerprint density at radius 1 is 0.864 bits per heavy atom. The topological polar surface area (TPSA) is 46.2 Å². The Kier molecular flexibility index (Phi) is 4.09. The van der Waals surface area contributed by atoms with Crippen LogP contribution in [0, 0.1) is 0 Å². The van der Waals surface area contributed by atoms with Crippen LogP contribution in [0.1, 0.15) is 0 Å². The van der Waals surface area contributed by atoms with Crippen LogP contribution < -0.4 is 4.72 Å². The lowest BCUT2D eigenvalue weighted by atomic mass is 10.1. The van der Waals surface area contributed by atoms with E-state index >= 15 is 0 Å². The first-order valence-corrected chi connectivity index (χ1v) is 9.45. The van der Waals surface area contributed by atoms with Crippen molar-refractivity contribution in [2.24, 2.45) is 0 Å². The lowest BCUT2D eigenvalue weighted by Gasteiger charge is -2.09. The fourth-order valence-electron chi connectivity index (χ4n) is 2.21. The molecule has 0 heterocycles. The second-order valence-electron chi connectivity index (χ2n) is 4.84. The molecule has 3 aromatic carbocycles. The van der Waals surface area contributed by atoms with Crippen molar-refractivity contribution in [1.82, 2.24) is 0 Å². The van der Waals surface area contributed by atoms with Gasteiger partial charge in [-0.1, -0.05) is 30.3 Å². The van der Waals surface area contributed by atoms with Crippen molar-refractivity contribution in [3.63, 3.8) is 0 Å². The molecule has 0 aliphatic rings. The summed E-state index contributed by atoms with van der Waals surface area (Å²) in [7, 11) is -3.58. The van der Waals surface area contributed by atoms with Crippen LogP contribution in [0.4, 0.5) is 5.69 Å². The molecular weight excluding hydrogens is 314 g/mol. The van der Waals surface area contributed by atoms with E-state index in [-0.39, 0.29) is 4.90 Å². The number of hydrogen-bond donors (Lipinski definition) is 1. The molecule has 0 aromatic heterocycles. The summed E-state index contributed by atoms with van der Waals surface area (Å²) in [6, 6.07) is 20.1. The highest BCUT2D eigenvalue weighted by atomic mass is 32.2. The molecule has 0 aliphatic heterocycles. The van der Waals surface area contributed by atoms with Crippen molar-refractivity contribution in [1.29, 1.82) is 0 Å². The van der Waals surface area contributed by atoms with Crippen LogP contribution in [0.5, 0.6) is 0 Å². The highest BCUT2D eigenvalue weighted by Crippen LogP contribution is 2.23. The van der Waals surface area contributed by atoms with E-state index in [0.717, 1.165) is 15.7 Å². The van der Waals surface area contributed by atoms with Crippen LogP contribution >= 0.6 is 11.8 Å². The number of thioether (sulfide) groups is 1. The number of rotatable bonds is 4. The minimum absolute atomic E-state index is 0.264. The van der Waals surface area contributed by atoms with Crippen LogP contribution in [0.3, 0.4) is 0 Å². The van der Waals surface area contributed by atoms with Gasteiger partial charge >= 0.3 is 0 Å². The normalized spacial score (nSPS) is 11.5. The fourth-order valence-corrected chi connectivity index (χ4v) is 3.71. The van der Waals surface area contributed by atoms with Crippen molar-refractivity contribution in [2.75, 3.05) is 11.0 Å². The number of benzene rings is 3. The third-order valence-electron chi connectivity index (χ3n) is 3.37. The van der Waals surface area contributed by atoms with Crippen LogP contribution in [-0.4, -0.2) is 14.7 Å². The van der Waals surface area contributed by atoms with E-state index in [0.29, 0.717) is 5.69 Å². The van der Waals surface area contributed by atoms with E-state index < -0.39 is 10.0 Å². The minimum Gasteiger partial charge on any atom is -0.280 e. The lowest BCUT2D eigenvalue weighted by Crippen LogP contribution is -2.12. The highest BCUT2D eigenvalue weighted by molar-refractivity contribution is 7.98. The second-order valence-corrected chi connectivity index (χ2v) is 7.41. The van der Waals surface area contributed by atoms with Gasteiger partial charge in [0, 0.05) is 10.6 Å². The average Bonchev–Trinajstić information content (AvgIpc) is 2.55. The summed E-state index contributed by atoms with van der Waals surface area (Å²) in [4.78, 5) is 1.36. The molecule has 0 spiro atoms. The molecule has 0 saturated carbocycles. The van der Waals surface area contributed by atoms with Crippen molar-refractivity contribution >= 4 is 38.2 Å². The molecule has 22 heavy (non-hydrogen) atoms. The summed E-state index contributed by atoms with van der Waals surface area (Å²) in [5.41, 5.74) is 0.561. The van der Waals surface area contributed by atoms with Gasteiger partial charge in [0.1, 0.15) is 0 Å². The largest absolute Gasteiger partial charge is 0.280 e. The van der Waals surface area contributed by atoms with Gasteiger partial charge in [0.25, 0.3) is 10.0 Å². The smallest absolute Gasteiger partial charge is 0.261 e. The molecule has 5 heteroatoms. The van der Waals surface area contributed by atoms with Crippen molar-refractivity contribution in [3.05, 3.63) is 66.7 Å². The second kappa shape index (κ2) is 6.02. The number of hydrogen-bond acceptors (Lipinski definition) is 3. The zero-order valence-electron chi connectivity index (χ0n) is 12.0. The van der Waals surface area contributed by atoms with Crippen molar-refractivity contribution < 1.29 is 8.42 Å². The molecule has 0 radical (unpaired) electrons. The van der Waals surface area contributed by atoms with Gasteiger partial charge in [0.05, 0.1) is 4.90 Å². The van der Waals surface area contributed by atoms with Gasteiger partial charge in [0.2, 0.25) is 0 Å². The Morgan fingerprint density at radius 2 is 1.55 bits per heavy atom. The molecular formula is C17H15NO2S2. The Balaban J connectivity index is 1.93. The summed E-state index contributed by atoms with van der Waals surface area (Å²) in [5, 5.41) is 1.92. The first-order chi connectivity index (χ1) is 10.6. The van der Waals surface area contributed by atoms with Crippen LogP contribution in [0.25, 0.3) is 10.8 Å². The molecule has 3 nitrogen and oxygen atoms in total. The predicted octanol–water partition coefficient (Wildman–Crippen LogP) is 4.36. The molecule has 3 rings (SSSR count). The van der Waals surface area contributed by atoms with E-state index in [1.165, 1.54) is 0 Å². The number of sulfonamides is 1. The summed E-state index contributed by atoms with van der Waals surface area (Å²) in [6.45, 7) is 0. The van der Waals surface area contributed by atoms with Crippen LogP contribution in [0.2, 0.25) is 0 Å². The Bertz CT molecular complexity index is 903. The van der Waals surface area contributed by atoms with Crippen molar-refractivity contribution in [2.45, 2.75) is 9.79 Å². The zero-order valence-corrected chi connectivity index (χ0v) is 13.6. The molecule has 3 aromatic rings. The van der Waals surface area contributed by atoms with Gasteiger partial charge in [-0.3, -0.25) is 4.72 Å². The summed E-state index contributed by atoms with van der Waals surface area (Å²) < 4.78 is 27.6. The van der Waals surface area contributed by atoms with E-state index in [4.69, 9.17) is 0 Å². The molecule has 0 saturated heterocycles. The summed E-state index contributed by atoms with van der Waals surface area (Å²) >= 11 is 1.62. The maximum absolute atomic E-state index is 12.5. The molecule has 0 unspecified atom stereocenters. The van der Waals surface area contributed by atoms with Gasteiger partial charge in [0.15, 0.2) is 0 Å². The molecule has 0 fully saturated rings. The lowest BCUT2D eigenvalue weighted by molar-refractivity contribution is 0.601. The van der Waals surface area contributed by atoms with Gasteiger partial charge in [-0.15, -0.1) is 11.8 Å². The van der Waals surface area contributed by atoms with E-state index in [1.807, 2.05) is 48.7 Å². The first-order valence-electron chi connectivity index (χ1n) is 6.74. The monoisotopic (exact) mass is 329 g/mol. The average molecular weight is 329 g/mol. The predicted molar refractivity (Wildman–Crippen MR) is 93.0 cm³/mol. The van der Waals surface area contributed by atoms with Gasteiger partial charge in [-0.2, -0.15) is 0 Å². The third-order valence-corrected chi connectivity index (χ3v) is 5.50. The fraction of sp³-hybridized carbons (Fsp3) is 0.0588. The Morgan fingerprint density at radius 3 is 2.23 bits per heavy atom. The third kappa shape index (κ3) is 3.10. The van der Waals surface area contributed by atoms with Crippen molar-refractivity contribution in [3.8, 4) is 0 Å². The Labute approximate surface area is 134 Å². The standard InChI is InChI=1S/C17H15NO2S2/c1-21-16-9-7-15(8-10-16)18-22(19,20)17-11-6-13-4-2-3-5-14(13)12-17/h2-12,18H,1H3. The Hall–Kier alpha value is -1.98. The zero-order chi connectivity index (χ0) is 15.6. The molecule has 0 aliphatic carbocycles. The molecule has 0 amide bonds. The summed E-state index contributed by atoms with van der Waals surface area (Å²) in [6.07, 6.45) is 1.98. The van der Waals surface area contributed by atoms with Gasteiger partial charge < -0.3 is 0 Å². The SMILES string of the molecule is CSc1ccc(NS(=O)(=O)c2ccc3ccccc3c2)cc1. The van der Waals surface area contributed by atoms with E-state index in [1.54, 1.807) is 36.0 Å². The molecule has 0 atom stereocenters. The first kappa shape index (κ1) is 14.9. The highest BCUT2D eigenvalue weighted by Gasteiger charge is 2.14. The maximum Gasteiger partial charge on any atom is 0.261 e. The summed E-state index contributed by atoms with van der Waals surface area (Å²) in [5.74, 6) is 0. The molecule has 1 N–H and O–H groups in total. The van der Waals surface area contributed by atoms with E-state index in [2.05, 4.69) is 4.72 Å². The van der Waals surface area contributed by atoms with Gasteiger partial charge in [-0.05, 0) is 53.4 Å². The molecule has 112 valence electrons. The maximum atomic E-state index is 12.5. The minimum atomic E-state index is -3.58. The van der Waals surface area contributed by atoms with E-state index in [9.17, 15) is 8.42 Å². The van der Waals surface area contributed by atoms with Gasteiger partial charge in [-0.25, -0.2) is 8.42 Å². The quantitative estimate of drug-likeness (QED) is 0.723. The number of nitrogens with one attached hydrogen (secondary N) is 1. The number of fused-ring (bicyclic) bond motifs is 1. The van der Waals surface area contributed by atoms with Crippen LogP contribution in [-0.2, 0) is 10.0 Å².